The molecule has 0 aromatic rings. The van der Waals surface area contributed by atoms with E-state index in [1.165, 1.54) is 20.5 Å². The number of carbonyl (C=O) groups is 11. The Morgan fingerprint density at radius 2 is 1.15 bits per heavy atom. The highest BCUT2D eigenvalue weighted by molar-refractivity contribution is 6.06. The van der Waals surface area contributed by atoms with Gasteiger partial charge in [-0.05, 0) is 62.3 Å². The molecule has 3 heterocycles. The molecule has 3 saturated heterocycles. The third-order valence-electron chi connectivity index (χ3n) is 6.42. The fraction of sp³-hybridized carbons (Fsp3) is 0.629. The SMILES string of the molecule is CC(C)(C)OC(=O)NC(CC(=O)O)C(=O)O.CC(C)(C)OC(=O)NC1CC(=O)OC1=O.CN1C(=O)CC(N)C1=O.CN1C(=O)CC(NC(=O)OC(C)(C)C)C1=O.Cl.[2H]C#C. The van der Waals surface area contributed by atoms with E-state index in [0.29, 0.717) is 0 Å². The summed E-state index contributed by atoms with van der Waals surface area (Å²) in [6.45, 7) is 15.1. The molecule has 24 heteroatoms. The van der Waals surface area contributed by atoms with E-state index in [1.54, 1.807) is 62.3 Å². The summed E-state index contributed by atoms with van der Waals surface area (Å²) in [5, 5.41) is 23.7. The number of likely N-dealkylation sites (tertiary alicyclic amines) is 2. The van der Waals surface area contributed by atoms with Crippen molar-refractivity contribution in [3.8, 4) is 12.8 Å². The molecule has 4 unspecified atom stereocenters. The Bertz CT molecular complexity index is 1620. The summed E-state index contributed by atoms with van der Waals surface area (Å²) in [5.74, 6) is -5.29. The molecule has 0 radical (unpaired) electrons. The van der Waals surface area contributed by atoms with Crippen LogP contribution in [0.25, 0.3) is 0 Å². The highest BCUT2D eigenvalue weighted by atomic mass is 35.5. The molecule has 4 atom stereocenters. The Balaban J connectivity index is -0.000000712. The molecule has 334 valence electrons. The number of nitrogens with zero attached hydrogens (tertiary/aromatic N) is 2. The summed E-state index contributed by atoms with van der Waals surface area (Å²) >= 11 is 0. The topological polar surface area (TPSA) is 334 Å². The first-order valence-corrected chi connectivity index (χ1v) is 17.1. The molecular weight excluding hydrogens is 812 g/mol. The van der Waals surface area contributed by atoms with E-state index in [0.717, 1.165) is 9.80 Å². The monoisotopic (exact) mass is 867 g/mol. The van der Waals surface area contributed by atoms with Gasteiger partial charge in [0.05, 0.1) is 31.7 Å². The molecule has 7 N–H and O–H groups in total. The van der Waals surface area contributed by atoms with Crippen molar-refractivity contribution in [3.63, 3.8) is 0 Å². The number of carboxylic acids is 2. The average molecular weight is 868 g/mol. The van der Waals surface area contributed by atoms with Gasteiger partial charge in [0.1, 0.15) is 36.3 Å². The van der Waals surface area contributed by atoms with Crippen molar-refractivity contribution in [2.45, 2.75) is 129 Å². The predicted octanol–water partition coefficient (Wildman–Crippen LogP) is 0.434. The number of carboxylic acid groups (broad SMARTS) is 2. The predicted molar refractivity (Wildman–Crippen MR) is 205 cm³/mol. The smallest absolute Gasteiger partial charge is 0.408 e. The number of halogens is 1. The normalized spacial score (nSPS) is 19.0. The van der Waals surface area contributed by atoms with Crippen molar-refractivity contribution in [1.82, 2.24) is 25.8 Å². The number of nitrogens with two attached hydrogens (primary N) is 1. The van der Waals surface area contributed by atoms with Gasteiger partial charge in [-0.25, -0.2) is 24.0 Å². The lowest BCUT2D eigenvalue weighted by Crippen LogP contribution is -2.44. The third kappa shape index (κ3) is 24.4. The molecule has 0 aromatic carbocycles. The number of likely N-dealkylation sites (N-methyl/N-ethyl adjacent to an activating group) is 2. The van der Waals surface area contributed by atoms with Gasteiger partial charge in [0.15, 0.2) is 0 Å². The summed E-state index contributed by atoms with van der Waals surface area (Å²) in [7, 11) is 2.83. The van der Waals surface area contributed by atoms with Gasteiger partial charge in [-0.3, -0.25) is 38.6 Å². The van der Waals surface area contributed by atoms with Crippen LogP contribution in [0.2, 0.25) is 0 Å². The van der Waals surface area contributed by atoms with Gasteiger partial charge >= 0.3 is 42.2 Å². The molecule has 3 fully saturated rings. The summed E-state index contributed by atoms with van der Waals surface area (Å²) in [4.78, 5) is 122. The molecule has 7 amide bonds. The van der Waals surface area contributed by atoms with Gasteiger partial charge < -0.3 is 50.8 Å². The lowest BCUT2D eigenvalue weighted by Gasteiger charge is -2.21. The van der Waals surface area contributed by atoms with Gasteiger partial charge in [-0.2, -0.15) is 0 Å². The van der Waals surface area contributed by atoms with E-state index >= 15 is 0 Å². The Morgan fingerprint density at radius 3 is 1.42 bits per heavy atom. The third-order valence-corrected chi connectivity index (χ3v) is 6.42. The van der Waals surface area contributed by atoms with Crippen molar-refractivity contribution < 1.29 is 83.3 Å². The van der Waals surface area contributed by atoms with Crippen LogP contribution in [0.4, 0.5) is 14.4 Å². The van der Waals surface area contributed by atoms with E-state index in [2.05, 4.69) is 21.8 Å². The van der Waals surface area contributed by atoms with Gasteiger partial charge in [-0.1, -0.05) is 0 Å². The number of nitrogens with one attached hydrogen (secondary N) is 3. The summed E-state index contributed by atoms with van der Waals surface area (Å²) < 4.78 is 24.7. The quantitative estimate of drug-likeness (QED) is 0.0693. The standard InChI is InChI=1S/C10H16N2O4.C9H15NO6.C9H13NO5.C5H8N2O2.C2H2.ClH/c1-10(2,3)16-9(15)11-6-5-7(13)12(4)8(6)14;1-9(2,3)16-8(15)10-5(7(13)14)4-6(11)12;1-9(2,3)15-8(13)10-5-4-6(11)14-7(5)12;1-7-4(8)2-3(6)5(7)9;1-2;/h6H,5H2,1-4H3,(H,11,15);5H,4H2,1-3H3,(H,10,15)(H,11,12)(H,13,14);5H,4H2,1-3H3,(H,10,13);3H,2,6H2,1H3;1-2H;1H/i;;;;1D;. The number of aliphatic carboxylic acids is 2. The number of carbonyl (C=O) groups excluding carboxylic acids is 9. The maximum Gasteiger partial charge on any atom is 0.408 e. The summed E-state index contributed by atoms with van der Waals surface area (Å²) in [5.41, 5.74) is 3.21. The summed E-state index contributed by atoms with van der Waals surface area (Å²) in [6.07, 6.45) is 2.70. The molecule has 0 spiro atoms. The van der Waals surface area contributed by atoms with Crippen LogP contribution in [-0.4, -0.2) is 141 Å². The summed E-state index contributed by atoms with van der Waals surface area (Å²) in [6, 6.07) is -3.81. The molecule has 0 aliphatic carbocycles. The Hall–Kier alpha value is -6.02. The van der Waals surface area contributed by atoms with Crippen LogP contribution in [0.15, 0.2) is 0 Å². The zero-order chi connectivity index (χ0) is 46.8. The molecule has 0 bridgehead atoms. The van der Waals surface area contributed by atoms with E-state index in [9.17, 15) is 52.7 Å². The van der Waals surface area contributed by atoms with E-state index in [-0.39, 0.29) is 49.4 Å². The van der Waals surface area contributed by atoms with Gasteiger partial charge in [0.25, 0.3) is 5.91 Å². The second kappa shape index (κ2) is 24.7. The minimum atomic E-state index is -1.49. The molecule has 23 nitrogen and oxygen atoms in total. The Labute approximate surface area is 348 Å². The van der Waals surface area contributed by atoms with Crippen molar-refractivity contribution in [2.75, 3.05) is 14.1 Å². The minimum Gasteiger partial charge on any atom is -0.481 e. The van der Waals surface area contributed by atoms with E-state index in [1.807, 2.05) is 5.32 Å². The van der Waals surface area contributed by atoms with Crippen molar-refractivity contribution in [1.29, 1.82) is 0 Å². The fourth-order valence-electron chi connectivity index (χ4n) is 3.96. The van der Waals surface area contributed by atoms with Crippen LogP contribution >= 0.6 is 12.4 Å². The van der Waals surface area contributed by atoms with Crippen molar-refractivity contribution >= 4 is 78.2 Å². The molecule has 0 aromatic heterocycles. The van der Waals surface area contributed by atoms with Gasteiger partial charge in [-0.15, -0.1) is 25.2 Å². The zero-order valence-electron chi connectivity index (χ0n) is 35.6. The number of alkyl carbamates (subject to hydrolysis) is 3. The first kappa shape index (κ1) is 55.1. The molecule has 3 aliphatic heterocycles. The second-order valence-electron chi connectivity index (χ2n) is 15.1. The number of amides is 7. The van der Waals surface area contributed by atoms with Crippen LogP contribution in [0.5, 0.6) is 0 Å². The lowest BCUT2D eigenvalue weighted by molar-refractivity contribution is -0.153. The number of imide groups is 2. The number of esters is 2. The van der Waals surface area contributed by atoms with Crippen LogP contribution < -0.4 is 21.7 Å². The van der Waals surface area contributed by atoms with E-state index in [4.69, 9.17) is 31.5 Å². The van der Waals surface area contributed by atoms with Gasteiger partial charge in [0, 0.05) is 14.1 Å². The van der Waals surface area contributed by atoms with E-state index < -0.39 is 95.5 Å². The zero-order valence-corrected chi connectivity index (χ0v) is 35.4. The Morgan fingerprint density at radius 1 is 0.763 bits per heavy atom. The van der Waals surface area contributed by atoms with Crippen LogP contribution in [0, 0.1) is 12.8 Å². The van der Waals surface area contributed by atoms with Crippen molar-refractivity contribution in [3.05, 3.63) is 0 Å². The highest BCUT2D eigenvalue weighted by Crippen LogP contribution is 2.14. The van der Waals surface area contributed by atoms with Crippen molar-refractivity contribution in [2.24, 2.45) is 5.73 Å². The van der Waals surface area contributed by atoms with Crippen LogP contribution in [0.1, 0.15) is 89.4 Å². The first-order valence-electron chi connectivity index (χ1n) is 17.6. The second-order valence-corrected chi connectivity index (χ2v) is 15.1. The number of terminal acetylenes is 1. The minimum absolute atomic E-state index is 0. The number of hydrogen-bond acceptors (Lipinski definition) is 16. The maximum absolute atomic E-state index is 11.5. The molecule has 3 aliphatic rings. The maximum atomic E-state index is 11.5. The molecule has 3 rings (SSSR count). The van der Waals surface area contributed by atoms with Crippen LogP contribution in [0.3, 0.4) is 0 Å². The molecule has 0 saturated carbocycles. The highest BCUT2D eigenvalue weighted by Gasteiger charge is 2.38. The number of hydrogen-bond donors (Lipinski definition) is 6. The largest absolute Gasteiger partial charge is 0.481 e. The lowest BCUT2D eigenvalue weighted by atomic mass is 10.2. The number of ether oxygens (including phenoxy) is 4. The first-order chi connectivity index (χ1) is 26.6. The molecule has 59 heavy (non-hydrogen) atoms. The molecular formula is C35H55ClN6O17. The van der Waals surface area contributed by atoms with Crippen LogP contribution in [-0.2, 0) is 57.3 Å². The Kier molecular flexibility index (Phi) is 23.0. The number of rotatable bonds is 6. The average Bonchev–Trinajstić information content (AvgIpc) is 3.56. The number of cyclic esters (lactones) is 2. The fourth-order valence-corrected chi connectivity index (χ4v) is 3.96. The van der Waals surface area contributed by atoms with Gasteiger partial charge in [0.2, 0.25) is 17.7 Å².